The average Bonchev–Trinajstić information content (AvgIpc) is 3.11. The molecule has 2 heterocycles. The van der Waals surface area contributed by atoms with E-state index in [0.717, 1.165) is 22.1 Å². The van der Waals surface area contributed by atoms with Gasteiger partial charge in [0.2, 0.25) is 0 Å². The van der Waals surface area contributed by atoms with Gasteiger partial charge in [-0.2, -0.15) is 5.10 Å². The van der Waals surface area contributed by atoms with E-state index in [4.69, 9.17) is 5.73 Å². The summed E-state index contributed by atoms with van der Waals surface area (Å²) in [5.41, 5.74) is 7.03. The second-order valence-electron chi connectivity index (χ2n) is 4.22. The molecule has 3 rings (SSSR count). The van der Waals surface area contributed by atoms with Crippen LogP contribution in [0.5, 0.6) is 0 Å². The fraction of sp³-hybridized carbons (Fsp3) is 0.143. The van der Waals surface area contributed by atoms with E-state index in [1.165, 1.54) is 0 Å². The number of rotatable bonds is 4. The van der Waals surface area contributed by atoms with Crippen molar-refractivity contribution in [3.8, 4) is 10.7 Å². The molecule has 1 unspecified atom stereocenters. The van der Waals surface area contributed by atoms with Crippen LogP contribution in [0.3, 0.4) is 0 Å². The minimum atomic E-state index is 0.0578. The van der Waals surface area contributed by atoms with Gasteiger partial charge in [-0.05, 0) is 17.0 Å². The van der Waals surface area contributed by atoms with Gasteiger partial charge in [0.1, 0.15) is 5.82 Å². The molecule has 0 spiro atoms. The monoisotopic (exact) mass is 270 g/mol. The SMILES string of the molecule is NCC(c1ccccc1)c1nc(-c2cccs2)n[nH]1. The third-order valence-corrected chi connectivity index (χ3v) is 3.88. The lowest BCUT2D eigenvalue weighted by molar-refractivity contribution is 0.755. The summed E-state index contributed by atoms with van der Waals surface area (Å²) >= 11 is 1.63. The molecule has 0 bridgehead atoms. The number of thiophene rings is 1. The first-order valence-corrected chi connectivity index (χ1v) is 6.97. The molecule has 0 saturated heterocycles. The van der Waals surface area contributed by atoms with E-state index in [0.29, 0.717) is 6.54 Å². The number of aromatic nitrogens is 3. The number of nitrogens with two attached hydrogens (primary N) is 1. The average molecular weight is 270 g/mol. The number of H-pyrrole nitrogens is 1. The van der Waals surface area contributed by atoms with Crippen LogP contribution in [0.1, 0.15) is 17.3 Å². The Kier molecular flexibility index (Phi) is 3.39. The van der Waals surface area contributed by atoms with Crippen molar-refractivity contribution < 1.29 is 0 Å². The molecular formula is C14H14N4S. The largest absolute Gasteiger partial charge is 0.329 e. The standard InChI is InChI=1S/C14H14N4S/c15-9-11(10-5-2-1-3-6-10)13-16-14(18-17-13)12-7-4-8-19-12/h1-8,11H,9,15H2,(H,16,17,18). The number of hydrogen-bond acceptors (Lipinski definition) is 4. The predicted molar refractivity (Wildman–Crippen MR) is 77.0 cm³/mol. The van der Waals surface area contributed by atoms with Crippen LogP contribution in [-0.4, -0.2) is 21.7 Å². The van der Waals surface area contributed by atoms with Crippen LogP contribution in [0, 0.1) is 0 Å². The molecule has 0 radical (unpaired) electrons. The van der Waals surface area contributed by atoms with Crippen molar-refractivity contribution in [2.75, 3.05) is 6.54 Å². The summed E-state index contributed by atoms with van der Waals surface area (Å²) in [6, 6.07) is 14.1. The highest BCUT2D eigenvalue weighted by Crippen LogP contribution is 2.25. The van der Waals surface area contributed by atoms with Crippen LogP contribution >= 0.6 is 11.3 Å². The molecule has 0 amide bonds. The quantitative estimate of drug-likeness (QED) is 0.765. The third kappa shape index (κ3) is 2.43. The van der Waals surface area contributed by atoms with Gasteiger partial charge in [-0.25, -0.2) is 4.98 Å². The van der Waals surface area contributed by atoms with Gasteiger partial charge in [0.25, 0.3) is 0 Å². The summed E-state index contributed by atoms with van der Waals surface area (Å²) in [6.07, 6.45) is 0. The molecule has 0 aliphatic carbocycles. The van der Waals surface area contributed by atoms with Gasteiger partial charge in [-0.1, -0.05) is 36.4 Å². The maximum atomic E-state index is 5.88. The number of aromatic amines is 1. The van der Waals surface area contributed by atoms with Crippen molar-refractivity contribution in [1.29, 1.82) is 0 Å². The van der Waals surface area contributed by atoms with Gasteiger partial charge in [-0.15, -0.1) is 11.3 Å². The summed E-state index contributed by atoms with van der Waals surface area (Å²) in [6.45, 7) is 0.503. The highest BCUT2D eigenvalue weighted by atomic mass is 32.1. The molecule has 96 valence electrons. The normalized spacial score (nSPS) is 12.5. The smallest absolute Gasteiger partial charge is 0.191 e. The van der Waals surface area contributed by atoms with Crippen molar-refractivity contribution in [1.82, 2.24) is 15.2 Å². The minimum Gasteiger partial charge on any atom is -0.329 e. The molecule has 0 saturated carbocycles. The second kappa shape index (κ2) is 5.34. The zero-order valence-corrected chi connectivity index (χ0v) is 11.1. The summed E-state index contributed by atoms with van der Waals surface area (Å²) in [7, 11) is 0. The lowest BCUT2D eigenvalue weighted by Gasteiger charge is -2.11. The van der Waals surface area contributed by atoms with Gasteiger partial charge in [0.15, 0.2) is 5.82 Å². The number of nitrogens with zero attached hydrogens (tertiary/aromatic N) is 2. The Morgan fingerprint density at radius 2 is 2.00 bits per heavy atom. The Hall–Kier alpha value is -1.98. The number of nitrogens with one attached hydrogen (secondary N) is 1. The number of hydrogen-bond donors (Lipinski definition) is 2. The molecule has 1 aromatic carbocycles. The first-order chi connectivity index (χ1) is 9.38. The zero-order chi connectivity index (χ0) is 13.1. The van der Waals surface area contributed by atoms with Crippen LogP contribution in [0.15, 0.2) is 47.8 Å². The van der Waals surface area contributed by atoms with Gasteiger partial charge in [-0.3, -0.25) is 5.10 Å². The van der Waals surface area contributed by atoms with Gasteiger partial charge in [0, 0.05) is 6.54 Å². The van der Waals surface area contributed by atoms with Crippen LogP contribution in [0.2, 0.25) is 0 Å². The van der Waals surface area contributed by atoms with E-state index in [2.05, 4.69) is 27.3 Å². The van der Waals surface area contributed by atoms with E-state index < -0.39 is 0 Å². The topological polar surface area (TPSA) is 67.6 Å². The fourth-order valence-electron chi connectivity index (χ4n) is 2.04. The summed E-state index contributed by atoms with van der Waals surface area (Å²) in [5, 5.41) is 9.30. The lowest BCUT2D eigenvalue weighted by Crippen LogP contribution is -2.15. The number of benzene rings is 1. The maximum absolute atomic E-state index is 5.88. The van der Waals surface area contributed by atoms with Gasteiger partial charge in [0.05, 0.1) is 10.8 Å². The Labute approximate surface area is 115 Å². The van der Waals surface area contributed by atoms with Crippen LogP contribution < -0.4 is 5.73 Å². The molecule has 0 fully saturated rings. The Balaban J connectivity index is 1.93. The molecule has 4 nitrogen and oxygen atoms in total. The highest BCUT2D eigenvalue weighted by molar-refractivity contribution is 7.13. The summed E-state index contributed by atoms with van der Waals surface area (Å²) in [4.78, 5) is 5.63. The molecule has 3 N–H and O–H groups in total. The Morgan fingerprint density at radius 1 is 1.16 bits per heavy atom. The second-order valence-corrected chi connectivity index (χ2v) is 5.17. The summed E-state index contributed by atoms with van der Waals surface area (Å²) < 4.78 is 0. The van der Waals surface area contributed by atoms with Crippen molar-refractivity contribution >= 4 is 11.3 Å². The predicted octanol–water partition coefficient (Wildman–Crippen LogP) is 2.62. The highest BCUT2D eigenvalue weighted by Gasteiger charge is 2.17. The van der Waals surface area contributed by atoms with E-state index in [1.54, 1.807) is 11.3 Å². The third-order valence-electron chi connectivity index (χ3n) is 3.01. The molecular weight excluding hydrogens is 256 g/mol. The molecule has 5 heteroatoms. The Morgan fingerprint density at radius 3 is 2.68 bits per heavy atom. The first kappa shape index (κ1) is 12.1. The first-order valence-electron chi connectivity index (χ1n) is 6.09. The fourth-order valence-corrected chi connectivity index (χ4v) is 2.69. The van der Waals surface area contributed by atoms with Crippen molar-refractivity contribution in [3.05, 3.63) is 59.2 Å². The summed E-state index contributed by atoms with van der Waals surface area (Å²) in [5.74, 6) is 1.61. The van der Waals surface area contributed by atoms with Crippen LogP contribution in [0.4, 0.5) is 0 Å². The van der Waals surface area contributed by atoms with E-state index >= 15 is 0 Å². The molecule has 3 aromatic rings. The molecule has 0 aliphatic rings. The van der Waals surface area contributed by atoms with E-state index in [1.807, 2.05) is 35.7 Å². The van der Waals surface area contributed by atoms with Crippen LogP contribution in [0.25, 0.3) is 10.7 Å². The molecule has 0 aliphatic heterocycles. The Bertz CT molecular complexity index is 631. The zero-order valence-electron chi connectivity index (χ0n) is 10.3. The van der Waals surface area contributed by atoms with E-state index in [9.17, 15) is 0 Å². The van der Waals surface area contributed by atoms with Gasteiger partial charge >= 0.3 is 0 Å². The van der Waals surface area contributed by atoms with Gasteiger partial charge < -0.3 is 5.73 Å². The van der Waals surface area contributed by atoms with Crippen LogP contribution in [-0.2, 0) is 0 Å². The molecule has 2 aromatic heterocycles. The molecule has 1 atom stereocenters. The maximum Gasteiger partial charge on any atom is 0.191 e. The lowest BCUT2D eigenvalue weighted by atomic mass is 9.99. The van der Waals surface area contributed by atoms with Crippen molar-refractivity contribution in [2.45, 2.75) is 5.92 Å². The van der Waals surface area contributed by atoms with E-state index in [-0.39, 0.29) is 5.92 Å². The minimum absolute atomic E-state index is 0.0578. The van der Waals surface area contributed by atoms with Crippen molar-refractivity contribution in [3.63, 3.8) is 0 Å². The van der Waals surface area contributed by atoms with Crippen molar-refractivity contribution in [2.24, 2.45) is 5.73 Å². The molecule has 19 heavy (non-hydrogen) atoms.